The van der Waals surface area contributed by atoms with Crippen molar-refractivity contribution < 1.29 is 4.79 Å². The number of carbonyl (C=O) groups is 1. The molecule has 1 saturated carbocycles. The largest absolute Gasteiger partial charge is 0.356 e. The Morgan fingerprint density at radius 1 is 1.21 bits per heavy atom. The van der Waals surface area contributed by atoms with Crippen LogP contribution in [0.4, 0.5) is 0 Å². The minimum absolute atomic E-state index is 0.255. The van der Waals surface area contributed by atoms with Gasteiger partial charge in [0.15, 0.2) is 0 Å². The molecule has 19 heavy (non-hydrogen) atoms. The second kappa shape index (κ2) is 7.25. The Balaban J connectivity index is 1.67. The zero-order valence-electron chi connectivity index (χ0n) is 12.5. The summed E-state index contributed by atoms with van der Waals surface area (Å²) < 4.78 is 0. The van der Waals surface area contributed by atoms with Gasteiger partial charge in [-0.15, -0.1) is 0 Å². The zero-order valence-corrected chi connectivity index (χ0v) is 12.5. The third-order valence-electron chi connectivity index (χ3n) is 4.79. The molecule has 0 spiro atoms. The van der Waals surface area contributed by atoms with E-state index in [4.69, 9.17) is 0 Å². The zero-order chi connectivity index (χ0) is 13.7. The molecule has 0 bridgehead atoms. The molecule has 2 fully saturated rings. The van der Waals surface area contributed by atoms with Gasteiger partial charge in [0.05, 0.1) is 0 Å². The van der Waals surface area contributed by atoms with Crippen LogP contribution in [0.3, 0.4) is 0 Å². The van der Waals surface area contributed by atoms with Gasteiger partial charge in [0.2, 0.25) is 5.91 Å². The van der Waals surface area contributed by atoms with E-state index in [2.05, 4.69) is 22.6 Å². The molecule has 110 valence electrons. The molecule has 0 radical (unpaired) electrons. The smallest absolute Gasteiger partial charge is 0.223 e. The summed E-state index contributed by atoms with van der Waals surface area (Å²) >= 11 is 0. The van der Waals surface area contributed by atoms with Gasteiger partial charge in [0.25, 0.3) is 0 Å². The lowest BCUT2D eigenvalue weighted by Crippen LogP contribution is -2.42. The van der Waals surface area contributed by atoms with Crippen molar-refractivity contribution >= 4 is 5.91 Å². The molecule has 0 aromatic carbocycles. The minimum atomic E-state index is 0.255. The van der Waals surface area contributed by atoms with Crippen molar-refractivity contribution in [2.24, 2.45) is 11.8 Å². The lowest BCUT2D eigenvalue weighted by atomic mass is 9.85. The fourth-order valence-electron chi connectivity index (χ4n) is 3.47. The first-order valence-corrected chi connectivity index (χ1v) is 7.82. The van der Waals surface area contributed by atoms with Gasteiger partial charge in [-0.3, -0.25) is 4.79 Å². The van der Waals surface area contributed by atoms with Gasteiger partial charge in [0.1, 0.15) is 0 Å². The van der Waals surface area contributed by atoms with Gasteiger partial charge in [-0.05, 0) is 65.1 Å². The maximum absolute atomic E-state index is 12.2. The van der Waals surface area contributed by atoms with Crippen LogP contribution < -0.4 is 10.6 Å². The highest BCUT2D eigenvalue weighted by atomic mass is 16.1. The van der Waals surface area contributed by atoms with Crippen LogP contribution in [-0.4, -0.2) is 50.6 Å². The molecule has 1 aliphatic carbocycles. The predicted octanol–water partition coefficient (Wildman–Crippen LogP) is 1.22. The summed E-state index contributed by atoms with van der Waals surface area (Å²) in [5.74, 6) is 1.20. The van der Waals surface area contributed by atoms with Crippen molar-refractivity contribution in [1.82, 2.24) is 15.5 Å². The van der Waals surface area contributed by atoms with Gasteiger partial charge in [-0.25, -0.2) is 0 Å². The first kappa shape index (κ1) is 14.8. The minimum Gasteiger partial charge on any atom is -0.356 e. The van der Waals surface area contributed by atoms with E-state index in [1.165, 1.54) is 19.4 Å². The highest BCUT2D eigenvalue weighted by Gasteiger charge is 2.26. The lowest BCUT2D eigenvalue weighted by Gasteiger charge is -2.31. The van der Waals surface area contributed by atoms with Crippen LogP contribution >= 0.6 is 0 Å². The van der Waals surface area contributed by atoms with Crippen molar-refractivity contribution in [2.45, 2.75) is 44.6 Å². The molecule has 4 nitrogen and oxygen atoms in total. The van der Waals surface area contributed by atoms with Crippen LogP contribution in [0.5, 0.6) is 0 Å². The van der Waals surface area contributed by atoms with E-state index in [0.29, 0.717) is 17.9 Å². The number of amides is 1. The average Bonchev–Trinajstić information content (AvgIpc) is 2.45. The molecule has 1 unspecified atom stereocenters. The molecule has 2 N–H and O–H groups in total. The summed E-state index contributed by atoms with van der Waals surface area (Å²) in [7, 11) is 4.19. The van der Waals surface area contributed by atoms with Gasteiger partial charge in [-0.1, -0.05) is 0 Å². The van der Waals surface area contributed by atoms with Gasteiger partial charge >= 0.3 is 0 Å². The summed E-state index contributed by atoms with van der Waals surface area (Å²) in [4.78, 5) is 14.5. The molecule has 1 saturated heterocycles. The van der Waals surface area contributed by atoms with E-state index in [1.54, 1.807) is 0 Å². The standard InChI is InChI=1S/C15H29N3O/c1-16-14-7-5-13(6-8-14)15(19)17-10-12-4-3-9-18(2)11-12/h12-14,16H,3-11H2,1-2H3,(H,17,19). The Morgan fingerprint density at radius 2 is 1.95 bits per heavy atom. The van der Waals surface area contributed by atoms with Crippen LogP contribution in [-0.2, 0) is 4.79 Å². The van der Waals surface area contributed by atoms with Crippen molar-refractivity contribution in [2.75, 3.05) is 33.7 Å². The van der Waals surface area contributed by atoms with Crippen molar-refractivity contribution in [3.05, 3.63) is 0 Å². The quantitative estimate of drug-likeness (QED) is 0.805. The number of piperidine rings is 1. The maximum atomic E-state index is 12.2. The fourth-order valence-corrected chi connectivity index (χ4v) is 3.47. The summed E-state index contributed by atoms with van der Waals surface area (Å²) in [6.45, 7) is 3.21. The molecule has 1 amide bonds. The van der Waals surface area contributed by atoms with Crippen LogP contribution in [0.2, 0.25) is 0 Å². The second-order valence-corrected chi connectivity index (χ2v) is 6.35. The number of carbonyl (C=O) groups excluding carboxylic acids is 1. The lowest BCUT2D eigenvalue weighted by molar-refractivity contribution is -0.126. The highest BCUT2D eigenvalue weighted by Crippen LogP contribution is 2.24. The molecular weight excluding hydrogens is 238 g/mol. The van der Waals surface area contributed by atoms with Gasteiger partial charge < -0.3 is 15.5 Å². The molecule has 1 aliphatic heterocycles. The van der Waals surface area contributed by atoms with Gasteiger partial charge in [-0.2, -0.15) is 0 Å². The Kier molecular flexibility index (Phi) is 5.64. The van der Waals surface area contributed by atoms with Crippen LogP contribution in [0, 0.1) is 11.8 Å². The van der Waals surface area contributed by atoms with E-state index in [-0.39, 0.29) is 5.92 Å². The number of nitrogens with one attached hydrogen (secondary N) is 2. The average molecular weight is 267 g/mol. The topological polar surface area (TPSA) is 44.4 Å². The molecule has 2 rings (SSSR count). The first-order chi connectivity index (χ1) is 9.19. The Morgan fingerprint density at radius 3 is 2.58 bits per heavy atom. The molecule has 2 aliphatic rings. The summed E-state index contributed by atoms with van der Waals surface area (Å²) in [5.41, 5.74) is 0. The van der Waals surface area contributed by atoms with E-state index in [0.717, 1.165) is 38.8 Å². The molecule has 1 atom stereocenters. The SMILES string of the molecule is CNC1CCC(C(=O)NCC2CCCN(C)C2)CC1. The normalized spacial score (nSPS) is 33.1. The number of hydrogen-bond acceptors (Lipinski definition) is 3. The van der Waals surface area contributed by atoms with Crippen LogP contribution in [0.1, 0.15) is 38.5 Å². The number of hydrogen-bond donors (Lipinski definition) is 2. The van der Waals surface area contributed by atoms with E-state index in [9.17, 15) is 4.79 Å². The molecular formula is C15H29N3O. The number of nitrogens with zero attached hydrogens (tertiary/aromatic N) is 1. The second-order valence-electron chi connectivity index (χ2n) is 6.35. The summed E-state index contributed by atoms with van der Waals surface area (Å²) in [6.07, 6.45) is 6.90. The third kappa shape index (κ3) is 4.46. The fraction of sp³-hybridized carbons (Fsp3) is 0.933. The number of rotatable bonds is 4. The monoisotopic (exact) mass is 267 g/mol. The van der Waals surface area contributed by atoms with Gasteiger partial charge in [0, 0.05) is 25.0 Å². The Hall–Kier alpha value is -0.610. The molecule has 1 heterocycles. The highest BCUT2D eigenvalue weighted by molar-refractivity contribution is 5.78. The van der Waals surface area contributed by atoms with E-state index >= 15 is 0 Å². The maximum Gasteiger partial charge on any atom is 0.223 e. The molecule has 4 heteroatoms. The molecule has 0 aromatic rings. The van der Waals surface area contributed by atoms with E-state index < -0.39 is 0 Å². The predicted molar refractivity (Wildman–Crippen MR) is 78.0 cm³/mol. The molecule has 0 aromatic heterocycles. The van der Waals surface area contributed by atoms with Crippen molar-refractivity contribution in [3.8, 4) is 0 Å². The van der Waals surface area contributed by atoms with Crippen LogP contribution in [0.15, 0.2) is 0 Å². The third-order valence-corrected chi connectivity index (χ3v) is 4.79. The summed E-state index contributed by atoms with van der Waals surface area (Å²) in [5, 5.41) is 6.50. The Bertz CT molecular complexity index is 287. The van der Waals surface area contributed by atoms with Crippen molar-refractivity contribution in [3.63, 3.8) is 0 Å². The number of likely N-dealkylation sites (tertiary alicyclic amines) is 1. The first-order valence-electron chi connectivity index (χ1n) is 7.82. The summed E-state index contributed by atoms with van der Waals surface area (Å²) in [6, 6.07) is 0.621. The Labute approximate surface area is 117 Å². The van der Waals surface area contributed by atoms with Crippen molar-refractivity contribution in [1.29, 1.82) is 0 Å². The van der Waals surface area contributed by atoms with Crippen LogP contribution in [0.25, 0.3) is 0 Å². The van der Waals surface area contributed by atoms with E-state index in [1.807, 2.05) is 7.05 Å².